The number of ketones is 1. The van der Waals surface area contributed by atoms with Gasteiger partial charge in [0.05, 0.1) is 18.2 Å². The van der Waals surface area contributed by atoms with Crippen molar-refractivity contribution in [2.24, 2.45) is 0 Å². The summed E-state index contributed by atoms with van der Waals surface area (Å²) in [5, 5.41) is 13.9. The Hall–Kier alpha value is -3.13. The number of carbonyl (C=O) groups excluding carboxylic acids is 2. The van der Waals surface area contributed by atoms with Crippen molar-refractivity contribution in [2.75, 3.05) is 6.61 Å². The number of nitrogens with zero attached hydrogens (tertiary/aromatic N) is 1. The fraction of sp³-hybridized carbons (Fsp3) is 0.222. The molecule has 2 heterocycles. The first kappa shape index (κ1) is 18.7. The van der Waals surface area contributed by atoms with Crippen molar-refractivity contribution in [1.29, 1.82) is 0 Å². The summed E-state index contributed by atoms with van der Waals surface area (Å²) in [6.07, 6.45) is 0. The van der Waals surface area contributed by atoms with Gasteiger partial charge in [0.1, 0.15) is 0 Å². The third-order valence-electron chi connectivity index (χ3n) is 4.05. The number of aromatic amines is 1. The maximum absolute atomic E-state index is 12.9. The molecule has 0 aliphatic heterocycles. The topological polar surface area (TPSA) is 122 Å². The first-order chi connectivity index (χ1) is 12.8. The molecule has 0 amide bonds. The van der Waals surface area contributed by atoms with Gasteiger partial charge in [0.2, 0.25) is 11.5 Å². The molecule has 0 saturated carbocycles. The number of nitrogens with one attached hydrogen (secondary N) is 1. The van der Waals surface area contributed by atoms with Crippen LogP contribution in [0.2, 0.25) is 5.02 Å². The molecule has 0 fully saturated rings. The van der Waals surface area contributed by atoms with Gasteiger partial charge < -0.3 is 19.4 Å². The fourth-order valence-corrected chi connectivity index (χ4v) is 2.92. The van der Waals surface area contributed by atoms with E-state index in [-0.39, 0.29) is 29.3 Å². The molecule has 8 nitrogen and oxygen atoms in total. The highest BCUT2D eigenvalue weighted by atomic mass is 35.5. The Balaban J connectivity index is 2.10. The number of halogens is 1. The van der Waals surface area contributed by atoms with E-state index < -0.39 is 23.6 Å². The van der Waals surface area contributed by atoms with E-state index in [2.05, 4.69) is 10.1 Å². The standard InChI is InChI=1S/C18H15ClN2O6/c1-3-26-18(25)12-7-13(27-21-12)16(22)15-14(8(2)17(23)24)10-6-9(19)4-5-11(10)20-15/h4-8,20H,3H2,1-2H3,(H,23,24). The zero-order valence-electron chi connectivity index (χ0n) is 14.4. The average molecular weight is 391 g/mol. The summed E-state index contributed by atoms with van der Waals surface area (Å²) in [5.41, 5.74) is 0.719. The summed E-state index contributed by atoms with van der Waals surface area (Å²) in [5.74, 6) is -3.65. The van der Waals surface area contributed by atoms with Gasteiger partial charge in [0.15, 0.2) is 5.69 Å². The molecule has 140 valence electrons. The first-order valence-corrected chi connectivity index (χ1v) is 8.43. The second kappa shape index (κ2) is 7.24. The molecule has 1 atom stereocenters. The van der Waals surface area contributed by atoms with Gasteiger partial charge >= 0.3 is 11.9 Å². The van der Waals surface area contributed by atoms with E-state index in [0.29, 0.717) is 15.9 Å². The van der Waals surface area contributed by atoms with E-state index >= 15 is 0 Å². The van der Waals surface area contributed by atoms with Crippen LogP contribution in [-0.2, 0) is 9.53 Å². The molecule has 0 aliphatic carbocycles. The van der Waals surface area contributed by atoms with Crippen LogP contribution in [0, 0.1) is 0 Å². The Morgan fingerprint density at radius 3 is 2.74 bits per heavy atom. The lowest BCUT2D eigenvalue weighted by Crippen LogP contribution is -2.12. The normalized spacial score (nSPS) is 12.1. The van der Waals surface area contributed by atoms with Gasteiger partial charge in [-0.25, -0.2) is 4.79 Å². The molecule has 9 heteroatoms. The smallest absolute Gasteiger partial charge is 0.360 e. The van der Waals surface area contributed by atoms with Gasteiger partial charge in [0.25, 0.3) is 0 Å². The number of rotatable bonds is 6. The van der Waals surface area contributed by atoms with Crippen molar-refractivity contribution in [3.8, 4) is 0 Å². The van der Waals surface area contributed by atoms with Crippen LogP contribution in [0.1, 0.15) is 52.1 Å². The average Bonchev–Trinajstić information content (AvgIpc) is 3.25. The maximum atomic E-state index is 12.9. The van der Waals surface area contributed by atoms with Gasteiger partial charge in [-0.2, -0.15) is 0 Å². The van der Waals surface area contributed by atoms with Gasteiger partial charge in [-0.05, 0) is 32.0 Å². The summed E-state index contributed by atoms with van der Waals surface area (Å²) in [7, 11) is 0. The van der Waals surface area contributed by atoms with Gasteiger partial charge in [-0.3, -0.25) is 9.59 Å². The minimum Gasteiger partial charge on any atom is -0.481 e. The molecule has 0 bridgehead atoms. The molecule has 1 unspecified atom stereocenters. The van der Waals surface area contributed by atoms with E-state index in [1.807, 2.05) is 0 Å². The minimum atomic E-state index is -1.10. The maximum Gasteiger partial charge on any atom is 0.360 e. The number of esters is 1. The van der Waals surface area contributed by atoms with Crippen molar-refractivity contribution in [2.45, 2.75) is 19.8 Å². The van der Waals surface area contributed by atoms with Crippen LogP contribution < -0.4 is 0 Å². The van der Waals surface area contributed by atoms with Crippen molar-refractivity contribution in [3.63, 3.8) is 0 Å². The zero-order valence-corrected chi connectivity index (χ0v) is 15.2. The number of benzene rings is 1. The summed E-state index contributed by atoms with van der Waals surface area (Å²) in [6.45, 7) is 3.25. The van der Waals surface area contributed by atoms with Crippen LogP contribution in [0.5, 0.6) is 0 Å². The monoisotopic (exact) mass is 390 g/mol. The van der Waals surface area contributed by atoms with Crippen molar-refractivity contribution in [3.05, 3.63) is 52.0 Å². The first-order valence-electron chi connectivity index (χ1n) is 8.06. The number of carboxylic acids is 1. The molecule has 2 N–H and O–H groups in total. The number of aromatic nitrogens is 2. The lowest BCUT2D eigenvalue weighted by Gasteiger charge is -2.07. The van der Waals surface area contributed by atoms with E-state index in [9.17, 15) is 19.5 Å². The number of carbonyl (C=O) groups is 3. The largest absolute Gasteiger partial charge is 0.481 e. The van der Waals surface area contributed by atoms with Gasteiger partial charge in [0, 0.05) is 27.6 Å². The van der Waals surface area contributed by atoms with Crippen LogP contribution in [0.4, 0.5) is 0 Å². The van der Waals surface area contributed by atoms with Crippen LogP contribution in [-0.4, -0.2) is 39.6 Å². The number of hydrogen-bond donors (Lipinski definition) is 2. The molecule has 0 radical (unpaired) electrons. The molecule has 0 saturated heterocycles. The SMILES string of the molecule is CCOC(=O)c1cc(C(=O)c2[nH]c3ccc(Cl)cc3c2C(C)C(=O)O)on1. The Kier molecular flexibility index (Phi) is 5.00. The van der Waals surface area contributed by atoms with E-state index in [4.69, 9.17) is 20.9 Å². The summed E-state index contributed by atoms with van der Waals surface area (Å²) in [4.78, 5) is 39.1. The highest BCUT2D eigenvalue weighted by molar-refractivity contribution is 6.31. The van der Waals surface area contributed by atoms with Crippen LogP contribution in [0.15, 0.2) is 28.8 Å². The highest BCUT2D eigenvalue weighted by Gasteiger charge is 2.29. The van der Waals surface area contributed by atoms with E-state index in [1.54, 1.807) is 25.1 Å². The number of fused-ring (bicyclic) bond motifs is 1. The lowest BCUT2D eigenvalue weighted by molar-refractivity contribution is -0.138. The number of carboxylic acid groups (broad SMARTS) is 1. The molecule has 27 heavy (non-hydrogen) atoms. The summed E-state index contributed by atoms with van der Waals surface area (Å²) < 4.78 is 9.78. The zero-order chi connectivity index (χ0) is 19.7. The van der Waals surface area contributed by atoms with Crippen molar-refractivity contribution >= 4 is 40.2 Å². The fourth-order valence-electron chi connectivity index (χ4n) is 2.74. The molecular weight excluding hydrogens is 376 g/mol. The lowest BCUT2D eigenvalue weighted by atomic mass is 9.95. The molecule has 0 spiro atoms. The second-order valence-electron chi connectivity index (χ2n) is 5.79. The van der Waals surface area contributed by atoms with Gasteiger partial charge in [-0.1, -0.05) is 16.8 Å². The van der Waals surface area contributed by atoms with Crippen molar-refractivity contribution in [1.82, 2.24) is 10.1 Å². The number of hydrogen-bond acceptors (Lipinski definition) is 6. The quantitative estimate of drug-likeness (QED) is 0.488. The third kappa shape index (κ3) is 3.43. The van der Waals surface area contributed by atoms with Gasteiger partial charge in [-0.15, -0.1) is 0 Å². The Labute approximate surface area is 158 Å². The minimum absolute atomic E-state index is 0.0359. The Morgan fingerprint density at radius 2 is 2.07 bits per heavy atom. The van der Waals surface area contributed by atoms with Crippen LogP contribution in [0.25, 0.3) is 10.9 Å². The Bertz CT molecular complexity index is 1050. The molecular formula is C18H15ClN2O6. The van der Waals surface area contributed by atoms with Crippen LogP contribution >= 0.6 is 11.6 Å². The summed E-state index contributed by atoms with van der Waals surface area (Å²) >= 11 is 6.02. The van der Waals surface area contributed by atoms with E-state index in [0.717, 1.165) is 6.07 Å². The third-order valence-corrected chi connectivity index (χ3v) is 4.28. The number of aliphatic carboxylic acids is 1. The molecule has 0 aliphatic rings. The number of H-pyrrole nitrogens is 1. The number of ether oxygens (including phenoxy) is 1. The predicted molar refractivity (Wildman–Crippen MR) is 95.3 cm³/mol. The molecule has 3 aromatic rings. The van der Waals surface area contributed by atoms with Crippen LogP contribution in [0.3, 0.4) is 0 Å². The highest BCUT2D eigenvalue weighted by Crippen LogP contribution is 2.33. The predicted octanol–water partition coefficient (Wildman–Crippen LogP) is 3.41. The molecule has 2 aromatic heterocycles. The molecule has 1 aromatic carbocycles. The van der Waals surface area contributed by atoms with E-state index in [1.165, 1.54) is 6.92 Å². The van der Waals surface area contributed by atoms with Crippen molar-refractivity contribution < 1.29 is 28.8 Å². The second-order valence-corrected chi connectivity index (χ2v) is 6.23. The molecule has 3 rings (SSSR count). The Morgan fingerprint density at radius 1 is 1.33 bits per heavy atom. The summed E-state index contributed by atoms with van der Waals surface area (Å²) in [6, 6.07) is 6.02.